The number of carbonyl (C=O) groups excluding carboxylic acids is 1. The molecular weight excluding hydrogens is 340 g/mol. The lowest BCUT2D eigenvalue weighted by atomic mass is 9.83. The Hall–Kier alpha value is -2.73. The number of carbonyl (C=O) groups is 1. The third kappa shape index (κ3) is 3.10. The predicted molar refractivity (Wildman–Crippen MR) is 104 cm³/mol. The van der Waals surface area contributed by atoms with Crippen LogP contribution in [0.4, 0.5) is 0 Å². The number of hydrogen-bond donors (Lipinski definition) is 1. The quantitative estimate of drug-likeness (QED) is 0.759. The van der Waals surface area contributed by atoms with Crippen molar-refractivity contribution in [1.82, 2.24) is 19.4 Å². The zero-order valence-corrected chi connectivity index (χ0v) is 15.8. The van der Waals surface area contributed by atoms with Crippen molar-refractivity contribution in [2.24, 2.45) is 5.41 Å². The number of imidazole rings is 1. The summed E-state index contributed by atoms with van der Waals surface area (Å²) in [5.74, 6) is 0.634. The molecule has 1 fully saturated rings. The summed E-state index contributed by atoms with van der Waals surface area (Å²) in [5, 5.41) is 10.3. The molecule has 0 spiro atoms. The molecule has 0 saturated carbocycles. The summed E-state index contributed by atoms with van der Waals surface area (Å²) in [6.45, 7) is 6.73. The van der Waals surface area contributed by atoms with Crippen LogP contribution in [0.1, 0.15) is 37.6 Å². The number of para-hydroxylation sites is 2. The average Bonchev–Trinajstić information content (AvgIpc) is 3.24. The molecule has 0 bridgehead atoms. The van der Waals surface area contributed by atoms with E-state index in [1.807, 2.05) is 34.9 Å². The molecule has 6 nitrogen and oxygen atoms in total. The third-order valence-corrected chi connectivity index (χ3v) is 5.21. The van der Waals surface area contributed by atoms with Gasteiger partial charge in [0.15, 0.2) is 0 Å². The predicted octanol–water partition coefficient (Wildman–Crippen LogP) is 3.04. The molecule has 140 valence electrons. The maximum atomic E-state index is 13.0. The highest BCUT2D eigenvalue weighted by atomic mass is 16.3. The van der Waals surface area contributed by atoms with Gasteiger partial charge in [0, 0.05) is 12.7 Å². The topological polar surface area (TPSA) is 71.2 Å². The minimum atomic E-state index is -0.488. The second-order valence-corrected chi connectivity index (χ2v) is 8.17. The van der Waals surface area contributed by atoms with Crippen molar-refractivity contribution in [3.05, 3.63) is 54.5 Å². The zero-order valence-electron chi connectivity index (χ0n) is 15.8. The van der Waals surface area contributed by atoms with Crippen LogP contribution >= 0.6 is 0 Å². The first-order valence-electron chi connectivity index (χ1n) is 9.24. The number of aliphatic hydroxyl groups is 1. The van der Waals surface area contributed by atoms with Crippen molar-refractivity contribution >= 4 is 16.9 Å². The van der Waals surface area contributed by atoms with E-state index < -0.39 is 6.10 Å². The van der Waals surface area contributed by atoms with Crippen LogP contribution in [0, 0.1) is 5.41 Å². The smallest absolute Gasteiger partial charge is 0.255 e. The van der Waals surface area contributed by atoms with Crippen LogP contribution in [0.15, 0.2) is 48.9 Å². The highest BCUT2D eigenvalue weighted by Crippen LogP contribution is 2.34. The Labute approximate surface area is 158 Å². The van der Waals surface area contributed by atoms with E-state index in [1.54, 1.807) is 23.5 Å². The van der Waals surface area contributed by atoms with Crippen molar-refractivity contribution in [3.8, 4) is 5.82 Å². The van der Waals surface area contributed by atoms with Crippen LogP contribution in [0.3, 0.4) is 0 Å². The van der Waals surface area contributed by atoms with Gasteiger partial charge < -0.3 is 10.0 Å². The molecule has 27 heavy (non-hydrogen) atoms. The lowest BCUT2D eigenvalue weighted by Gasteiger charge is -2.36. The van der Waals surface area contributed by atoms with Crippen molar-refractivity contribution in [2.45, 2.75) is 39.3 Å². The Balaban J connectivity index is 1.62. The number of pyridine rings is 1. The molecule has 1 saturated heterocycles. The zero-order chi connectivity index (χ0) is 19.2. The first kappa shape index (κ1) is 17.7. The minimum Gasteiger partial charge on any atom is -0.391 e. The molecule has 1 aliphatic heterocycles. The molecule has 2 aromatic heterocycles. The number of amides is 1. The molecule has 2 atom stereocenters. The summed E-state index contributed by atoms with van der Waals surface area (Å²) in [6.07, 6.45) is 3.47. The summed E-state index contributed by atoms with van der Waals surface area (Å²) >= 11 is 0. The van der Waals surface area contributed by atoms with E-state index in [0.29, 0.717) is 24.3 Å². The Kier molecular flexibility index (Phi) is 4.23. The van der Waals surface area contributed by atoms with E-state index in [4.69, 9.17) is 0 Å². The Morgan fingerprint density at radius 2 is 1.93 bits per heavy atom. The van der Waals surface area contributed by atoms with Crippen molar-refractivity contribution in [2.75, 3.05) is 6.54 Å². The van der Waals surface area contributed by atoms with Gasteiger partial charge in [0.2, 0.25) is 0 Å². The second kappa shape index (κ2) is 6.46. The van der Waals surface area contributed by atoms with Crippen molar-refractivity contribution in [3.63, 3.8) is 0 Å². The fourth-order valence-corrected chi connectivity index (χ4v) is 4.01. The first-order valence-corrected chi connectivity index (χ1v) is 9.24. The fourth-order valence-electron chi connectivity index (χ4n) is 4.01. The van der Waals surface area contributed by atoms with Gasteiger partial charge in [-0.1, -0.05) is 32.9 Å². The molecule has 0 aliphatic carbocycles. The van der Waals surface area contributed by atoms with Crippen LogP contribution in [0.2, 0.25) is 0 Å². The standard InChI is InChI=1S/C21H24N4O2/c1-21(2,3)19-17(26)10-11-24(19)20(27)14-8-9-18(22-12-14)25-13-23-15-6-4-5-7-16(15)25/h4-9,12-13,17,19,26H,10-11H2,1-3H3/t17-,19+/m1/s1. The first-order chi connectivity index (χ1) is 12.9. The summed E-state index contributed by atoms with van der Waals surface area (Å²) in [6, 6.07) is 11.3. The highest BCUT2D eigenvalue weighted by molar-refractivity contribution is 5.94. The lowest BCUT2D eigenvalue weighted by molar-refractivity contribution is 0.0352. The largest absolute Gasteiger partial charge is 0.391 e. The average molecular weight is 364 g/mol. The molecule has 6 heteroatoms. The van der Waals surface area contributed by atoms with E-state index >= 15 is 0 Å². The van der Waals surface area contributed by atoms with Crippen molar-refractivity contribution in [1.29, 1.82) is 0 Å². The van der Waals surface area contributed by atoms with Gasteiger partial charge in [-0.25, -0.2) is 9.97 Å². The Bertz CT molecular complexity index is 972. The van der Waals surface area contributed by atoms with Crippen LogP contribution in [-0.4, -0.2) is 49.1 Å². The van der Waals surface area contributed by atoms with Crippen LogP contribution in [-0.2, 0) is 0 Å². The molecule has 1 N–H and O–H groups in total. The number of fused-ring (bicyclic) bond motifs is 1. The third-order valence-electron chi connectivity index (χ3n) is 5.21. The number of benzene rings is 1. The maximum Gasteiger partial charge on any atom is 0.255 e. The Morgan fingerprint density at radius 3 is 2.63 bits per heavy atom. The summed E-state index contributed by atoms with van der Waals surface area (Å²) in [5.41, 5.74) is 2.22. The molecule has 4 rings (SSSR count). The highest BCUT2D eigenvalue weighted by Gasteiger charge is 2.43. The number of hydrogen-bond acceptors (Lipinski definition) is 4. The minimum absolute atomic E-state index is 0.0824. The van der Waals surface area contributed by atoms with Gasteiger partial charge in [-0.05, 0) is 36.1 Å². The molecule has 0 radical (unpaired) electrons. The fraction of sp³-hybridized carbons (Fsp3) is 0.381. The van der Waals surface area contributed by atoms with E-state index in [-0.39, 0.29) is 17.4 Å². The van der Waals surface area contributed by atoms with E-state index in [0.717, 1.165) is 11.0 Å². The van der Waals surface area contributed by atoms with E-state index in [9.17, 15) is 9.90 Å². The normalized spacial score (nSPS) is 20.4. The maximum absolute atomic E-state index is 13.0. The van der Waals surface area contributed by atoms with Gasteiger partial charge in [0.25, 0.3) is 5.91 Å². The number of aromatic nitrogens is 3. The number of likely N-dealkylation sites (tertiary alicyclic amines) is 1. The molecule has 0 unspecified atom stereocenters. The van der Waals surface area contributed by atoms with E-state index in [2.05, 4.69) is 30.7 Å². The van der Waals surface area contributed by atoms with Gasteiger partial charge in [-0.3, -0.25) is 9.36 Å². The molecule has 3 aromatic rings. The van der Waals surface area contributed by atoms with Gasteiger partial charge >= 0.3 is 0 Å². The van der Waals surface area contributed by atoms with Gasteiger partial charge in [0.05, 0.1) is 28.7 Å². The number of nitrogens with zero attached hydrogens (tertiary/aromatic N) is 4. The molecule has 1 amide bonds. The summed E-state index contributed by atoms with van der Waals surface area (Å²) in [7, 11) is 0. The summed E-state index contributed by atoms with van der Waals surface area (Å²) in [4.78, 5) is 23.7. The molecular formula is C21H24N4O2. The molecule has 1 aromatic carbocycles. The van der Waals surface area contributed by atoms with Crippen LogP contribution in [0.25, 0.3) is 16.9 Å². The SMILES string of the molecule is CC(C)(C)[C@@H]1[C@H](O)CCN1C(=O)c1ccc(-n2cnc3ccccc32)nc1. The van der Waals surface area contributed by atoms with Gasteiger partial charge in [-0.2, -0.15) is 0 Å². The molecule has 1 aliphatic rings. The lowest BCUT2D eigenvalue weighted by Crippen LogP contribution is -2.47. The van der Waals surface area contributed by atoms with Crippen LogP contribution in [0.5, 0.6) is 0 Å². The summed E-state index contributed by atoms with van der Waals surface area (Å²) < 4.78 is 1.90. The Morgan fingerprint density at radius 1 is 1.15 bits per heavy atom. The van der Waals surface area contributed by atoms with Gasteiger partial charge in [0.1, 0.15) is 12.1 Å². The van der Waals surface area contributed by atoms with Crippen molar-refractivity contribution < 1.29 is 9.90 Å². The monoisotopic (exact) mass is 364 g/mol. The second-order valence-electron chi connectivity index (χ2n) is 8.17. The van der Waals surface area contributed by atoms with Crippen LogP contribution < -0.4 is 0 Å². The van der Waals surface area contributed by atoms with Gasteiger partial charge in [-0.15, -0.1) is 0 Å². The number of aliphatic hydroxyl groups excluding tert-OH is 1. The number of rotatable bonds is 2. The molecule has 3 heterocycles. The van der Waals surface area contributed by atoms with E-state index in [1.165, 1.54) is 0 Å².